The highest BCUT2D eigenvalue weighted by molar-refractivity contribution is 9.09. The Balaban J connectivity index is 2.50. The van der Waals surface area contributed by atoms with E-state index in [0.29, 0.717) is 0 Å². The minimum absolute atomic E-state index is 0.0388. The summed E-state index contributed by atoms with van der Waals surface area (Å²) >= 11 is 3.52. The van der Waals surface area contributed by atoms with Gasteiger partial charge in [0.1, 0.15) is 0 Å². The van der Waals surface area contributed by atoms with Crippen LogP contribution in [0.2, 0.25) is 0 Å². The van der Waals surface area contributed by atoms with Crippen LogP contribution >= 0.6 is 15.9 Å². The summed E-state index contributed by atoms with van der Waals surface area (Å²) in [6, 6.07) is 5.61. The summed E-state index contributed by atoms with van der Waals surface area (Å²) in [5.74, 6) is -0.0388. The molecule has 1 unspecified atom stereocenters. The molecule has 0 bridgehead atoms. The van der Waals surface area contributed by atoms with Gasteiger partial charge in [-0.3, -0.25) is 4.79 Å². The molecule has 0 aliphatic carbocycles. The van der Waals surface area contributed by atoms with Crippen LogP contribution in [0.3, 0.4) is 0 Å². The number of amides is 1. The van der Waals surface area contributed by atoms with Gasteiger partial charge < -0.3 is 5.32 Å². The summed E-state index contributed by atoms with van der Waals surface area (Å²) in [5, 5.41) is 2.85. The van der Waals surface area contributed by atoms with Gasteiger partial charge in [-0.1, -0.05) is 28.1 Å². The van der Waals surface area contributed by atoms with Gasteiger partial charge in [0.25, 0.3) is 0 Å². The van der Waals surface area contributed by atoms with Crippen LogP contribution in [0.4, 0.5) is 5.69 Å². The number of hydrogen-bond acceptors (Lipinski definition) is 3. The van der Waals surface area contributed by atoms with Crippen molar-refractivity contribution in [3.63, 3.8) is 0 Å². The molecule has 1 amide bonds. The molecule has 1 aliphatic heterocycles. The predicted molar refractivity (Wildman–Crippen MR) is 88.7 cm³/mol. The molecule has 1 N–H and O–H groups in total. The van der Waals surface area contributed by atoms with Crippen molar-refractivity contribution in [2.75, 3.05) is 11.6 Å². The Morgan fingerprint density at radius 3 is 2.38 bits per heavy atom. The number of anilines is 1. The number of halogens is 1. The van der Waals surface area contributed by atoms with Crippen LogP contribution < -0.4 is 5.32 Å². The lowest BCUT2D eigenvalue weighted by atomic mass is 9.84. The smallest absolute Gasteiger partial charge is 0.234 e. The summed E-state index contributed by atoms with van der Waals surface area (Å²) in [4.78, 5) is 11.6. The van der Waals surface area contributed by atoms with Gasteiger partial charge in [-0.05, 0) is 44.9 Å². The summed E-state index contributed by atoms with van der Waals surface area (Å²) in [6.45, 7) is 7.12. The van der Waals surface area contributed by atoms with Crippen LogP contribution in [0.25, 0.3) is 0 Å². The van der Waals surface area contributed by atoms with Gasteiger partial charge in [-0.2, -0.15) is 0 Å². The summed E-state index contributed by atoms with van der Waals surface area (Å²) in [7, 11) is -3.23. The molecule has 116 valence electrons. The lowest BCUT2D eigenvalue weighted by Gasteiger charge is -2.29. The van der Waals surface area contributed by atoms with Crippen molar-refractivity contribution in [2.24, 2.45) is 0 Å². The maximum Gasteiger partial charge on any atom is 0.234 e. The van der Waals surface area contributed by atoms with Gasteiger partial charge in [-0.15, -0.1) is 0 Å². The molecule has 0 spiro atoms. The lowest BCUT2D eigenvalue weighted by Crippen LogP contribution is -2.35. The number of nitrogens with one attached hydrogen (secondary N) is 1. The van der Waals surface area contributed by atoms with Gasteiger partial charge >= 0.3 is 0 Å². The molecule has 4 nitrogen and oxygen atoms in total. The first kappa shape index (κ1) is 16.5. The van der Waals surface area contributed by atoms with E-state index in [-0.39, 0.29) is 10.7 Å². The number of carbonyl (C=O) groups excluding carboxylic acids is 1. The Bertz CT molecular complexity index is 708. The minimum atomic E-state index is -3.23. The van der Waals surface area contributed by atoms with Gasteiger partial charge in [-0.25, -0.2) is 8.42 Å². The normalized spacial score (nSPS) is 19.0. The molecule has 0 fully saturated rings. The van der Waals surface area contributed by atoms with E-state index in [2.05, 4.69) is 21.2 Å². The van der Waals surface area contributed by atoms with Crippen molar-refractivity contribution in [2.45, 2.75) is 42.7 Å². The van der Waals surface area contributed by atoms with Crippen molar-refractivity contribution >= 4 is 37.4 Å². The van der Waals surface area contributed by atoms with E-state index in [4.69, 9.17) is 0 Å². The summed E-state index contributed by atoms with van der Waals surface area (Å²) in [5.41, 5.74) is 1.95. The zero-order chi connectivity index (χ0) is 16.2. The molecule has 6 heteroatoms. The number of fused-ring (bicyclic) bond motifs is 1. The van der Waals surface area contributed by atoms with Gasteiger partial charge in [0.15, 0.2) is 9.84 Å². The average molecular weight is 374 g/mol. The van der Waals surface area contributed by atoms with E-state index >= 15 is 0 Å². The molecule has 0 saturated carbocycles. The maximum absolute atomic E-state index is 12.0. The fourth-order valence-electron chi connectivity index (χ4n) is 2.34. The summed E-state index contributed by atoms with van der Waals surface area (Å²) < 4.78 is 23.0. The molecule has 1 aromatic carbocycles. The minimum Gasteiger partial charge on any atom is -0.325 e. The average Bonchev–Trinajstić information content (AvgIpc) is 2.58. The molecular weight excluding hydrogens is 354 g/mol. The van der Waals surface area contributed by atoms with Gasteiger partial charge in [0.2, 0.25) is 5.91 Å². The fraction of sp³-hybridized carbons (Fsp3) is 0.533. The third kappa shape index (κ3) is 2.52. The molecule has 2 rings (SSSR count). The van der Waals surface area contributed by atoms with Crippen molar-refractivity contribution in [3.05, 3.63) is 29.3 Å². The van der Waals surface area contributed by atoms with E-state index in [9.17, 15) is 13.2 Å². The van der Waals surface area contributed by atoms with Crippen molar-refractivity contribution in [1.82, 2.24) is 0 Å². The molecule has 1 heterocycles. The second-order valence-electron chi connectivity index (χ2n) is 6.62. The lowest BCUT2D eigenvalue weighted by molar-refractivity contribution is -0.119. The SMILES string of the molecule is CC1(C)C(=O)Nc2ccc(C(Br)C(C)(C)S(C)(=O)=O)cc21. The zero-order valence-corrected chi connectivity index (χ0v) is 15.2. The van der Waals surface area contributed by atoms with E-state index in [0.717, 1.165) is 16.8 Å². The van der Waals surface area contributed by atoms with Gasteiger partial charge in [0, 0.05) is 11.9 Å². The third-order valence-corrected chi connectivity index (χ3v) is 8.51. The number of sulfone groups is 1. The Kier molecular flexibility index (Phi) is 3.78. The number of rotatable bonds is 3. The van der Waals surface area contributed by atoms with Crippen LogP contribution in [0, 0.1) is 0 Å². The molecular formula is C15H20BrNO3S. The highest BCUT2D eigenvalue weighted by Gasteiger charge is 2.41. The number of carbonyl (C=O) groups is 1. The Morgan fingerprint density at radius 1 is 1.29 bits per heavy atom. The summed E-state index contributed by atoms with van der Waals surface area (Å²) in [6.07, 6.45) is 1.24. The van der Waals surface area contributed by atoms with Crippen LogP contribution in [0.15, 0.2) is 18.2 Å². The monoisotopic (exact) mass is 373 g/mol. The number of alkyl halides is 1. The molecule has 1 aliphatic rings. The van der Waals surface area contributed by atoms with E-state index < -0.39 is 20.0 Å². The first-order valence-corrected chi connectivity index (χ1v) is 9.49. The Hall–Kier alpha value is -0.880. The second-order valence-corrected chi connectivity index (χ2v) is 10.1. The number of benzene rings is 1. The van der Waals surface area contributed by atoms with E-state index in [1.54, 1.807) is 13.8 Å². The van der Waals surface area contributed by atoms with E-state index in [1.807, 2.05) is 32.0 Å². The van der Waals surface area contributed by atoms with Crippen molar-refractivity contribution in [1.29, 1.82) is 0 Å². The molecule has 1 atom stereocenters. The van der Waals surface area contributed by atoms with Crippen LogP contribution in [0.1, 0.15) is 43.6 Å². The highest BCUT2D eigenvalue weighted by atomic mass is 79.9. The van der Waals surface area contributed by atoms with Crippen LogP contribution in [-0.4, -0.2) is 25.3 Å². The standard InChI is InChI=1S/C15H20BrNO3S/c1-14(2)10-8-9(6-7-11(10)17-13(14)18)12(16)15(3,4)21(5,19)20/h6-8,12H,1-5H3,(H,17,18). The van der Waals surface area contributed by atoms with Crippen LogP contribution in [0.5, 0.6) is 0 Å². The van der Waals surface area contributed by atoms with Crippen LogP contribution in [-0.2, 0) is 20.0 Å². The molecule has 21 heavy (non-hydrogen) atoms. The van der Waals surface area contributed by atoms with Crippen molar-refractivity contribution in [3.8, 4) is 0 Å². The molecule has 0 radical (unpaired) electrons. The first-order valence-electron chi connectivity index (χ1n) is 6.68. The predicted octanol–water partition coefficient (Wildman–Crippen LogP) is 3.18. The quantitative estimate of drug-likeness (QED) is 0.827. The third-order valence-electron chi connectivity index (χ3n) is 4.39. The highest BCUT2D eigenvalue weighted by Crippen LogP contribution is 2.43. The van der Waals surface area contributed by atoms with Crippen molar-refractivity contribution < 1.29 is 13.2 Å². The first-order chi connectivity index (χ1) is 9.39. The zero-order valence-electron chi connectivity index (χ0n) is 12.8. The topological polar surface area (TPSA) is 63.2 Å². The Morgan fingerprint density at radius 2 is 1.86 bits per heavy atom. The van der Waals surface area contributed by atoms with E-state index in [1.165, 1.54) is 6.26 Å². The second kappa shape index (κ2) is 4.81. The van der Waals surface area contributed by atoms with Gasteiger partial charge in [0.05, 0.1) is 15.0 Å². The molecule has 0 aromatic heterocycles. The Labute approximate surface area is 134 Å². The number of hydrogen-bond donors (Lipinski definition) is 1. The molecule has 0 saturated heterocycles. The molecule has 1 aromatic rings. The fourth-order valence-corrected chi connectivity index (χ4v) is 4.15. The largest absolute Gasteiger partial charge is 0.325 e. The maximum atomic E-state index is 12.0.